The van der Waals surface area contributed by atoms with Crippen molar-refractivity contribution in [1.82, 2.24) is 4.37 Å². The van der Waals surface area contributed by atoms with E-state index in [4.69, 9.17) is 5.41 Å². The Morgan fingerprint density at radius 1 is 1.10 bits per heavy atom. The topological polar surface area (TPSA) is 63.7 Å². The normalized spacial score (nSPS) is 31.4. The average molecular weight is 435 g/mol. The molecule has 1 aromatic heterocycles. The van der Waals surface area contributed by atoms with Gasteiger partial charge >= 0.3 is 0 Å². The van der Waals surface area contributed by atoms with Crippen LogP contribution in [0.4, 0.5) is 11.4 Å². The largest absolute Gasteiger partial charge is 0.378 e. The Morgan fingerprint density at radius 2 is 2.00 bits per heavy atom. The van der Waals surface area contributed by atoms with E-state index in [9.17, 15) is 0 Å². The minimum atomic E-state index is 0.377. The smallest absolute Gasteiger partial charge is 0.0687 e. The Hall–Kier alpha value is -1.92. The second-order valence-electron chi connectivity index (χ2n) is 9.57. The highest BCUT2D eigenvalue weighted by molar-refractivity contribution is 8.01. The van der Waals surface area contributed by atoms with Crippen molar-refractivity contribution in [2.75, 3.05) is 10.0 Å². The molecule has 30 heavy (non-hydrogen) atoms. The van der Waals surface area contributed by atoms with Gasteiger partial charge in [0.05, 0.1) is 21.9 Å². The van der Waals surface area contributed by atoms with Crippen molar-refractivity contribution in [2.24, 2.45) is 17.8 Å². The molecule has 7 rings (SSSR count). The Bertz CT molecular complexity index is 1140. The summed E-state index contributed by atoms with van der Waals surface area (Å²) in [4.78, 5) is 0. The number of hydrogen-bond acceptors (Lipinski definition) is 5. The highest BCUT2D eigenvalue weighted by Crippen LogP contribution is 2.64. The highest BCUT2D eigenvalue weighted by Gasteiger charge is 2.54. The molecule has 5 atom stereocenters. The average Bonchev–Trinajstić information content (AvgIpc) is 3.35. The number of nitrogens with one attached hydrogen (secondary N) is 4. The van der Waals surface area contributed by atoms with Crippen LogP contribution in [0.1, 0.15) is 60.8 Å². The lowest BCUT2D eigenvalue weighted by Crippen LogP contribution is -2.36. The van der Waals surface area contributed by atoms with Gasteiger partial charge in [0.15, 0.2) is 0 Å². The lowest BCUT2D eigenvalue weighted by molar-refractivity contribution is 0.247. The predicted molar refractivity (Wildman–Crippen MR) is 128 cm³/mol. The van der Waals surface area contributed by atoms with Gasteiger partial charge in [-0.3, -0.25) is 0 Å². The highest BCUT2D eigenvalue weighted by atomic mass is 32.2. The van der Waals surface area contributed by atoms with Crippen LogP contribution in [0.15, 0.2) is 30.3 Å². The van der Waals surface area contributed by atoms with Crippen molar-refractivity contribution in [1.29, 1.82) is 5.41 Å². The standard InChI is InChI=1S/C24H26N4S2/c25-11-16-17(27-29-15-4-5-15)7-8-19-23(16)21-12-1-2-13(9-12)22(21)24(26-19)14-3-6-18-20(10-14)30-28-18/h3,6-8,10-13,15,21-22,24-28H,1-2,4-5,9H2/t12?,13?,21?,22-,24+/m1/s1. The Morgan fingerprint density at radius 3 is 2.77 bits per heavy atom. The zero-order valence-corrected chi connectivity index (χ0v) is 18.4. The fourth-order valence-corrected chi connectivity index (χ4v) is 7.99. The van der Waals surface area contributed by atoms with Crippen LogP contribution in [0.5, 0.6) is 0 Å². The zero-order valence-electron chi connectivity index (χ0n) is 16.8. The predicted octanol–water partition coefficient (Wildman–Crippen LogP) is 6.75. The van der Waals surface area contributed by atoms with Crippen LogP contribution in [-0.4, -0.2) is 15.8 Å². The monoisotopic (exact) mass is 434 g/mol. The molecule has 2 aromatic carbocycles. The molecular formula is C24H26N4S2. The van der Waals surface area contributed by atoms with E-state index in [1.54, 1.807) is 17.7 Å². The minimum Gasteiger partial charge on any atom is -0.378 e. The van der Waals surface area contributed by atoms with E-state index >= 15 is 0 Å². The summed E-state index contributed by atoms with van der Waals surface area (Å²) in [6.07, 6.45) is 8.32. The molecule has 4 N–H and O–H groups in total. The molecule has 154 valence electrons. The van der Waals surface area contributed by atoms with Gasteiger partial charge in [0.1, 0.15) is 0 Å². The van der Waals surface area contributed by atoms with E-state index in [1.165, 1.54) is 59.1 Å². The number of benzene rings is 2. The summed E-state index contributed by atoms with van der Waals surface area (Å²) in [7, 11) is 0. The molecule has 0 radical (unpaired) electrons. The molecule has 0 saturated heterocycles. The third kappa shape index (κ3) is 2.56. The number of rotatable bonds is 5. The fraction of sp³-hybridized carbons (Fsp3) is 0.458. The van der Waals surface area contributed by atoms with Crippen LogP contribution in [-0.2, 0) is 0 Å². The first-order chi connectivity index (χ1) is 14.8. The van der Waals surface area contributed by atoms with Crippen LogP contribution in [0.2, 0.25) is 0 Å². The van der Waals surface area contributed by atoms with E-state index in [2.05, 4.69) is 44.7 Å². The second-order valence-corrected chi connectivity index (χ2v) is 11.5. The Kier molecular flexibility index (Phi) is 3.86. The van der Waals surface area contributed by atoms with Crippen LogP contribution in [0.25, 0.3) is 10.2 Å². The molecule has 2 bridgehead atoms. The van der Waals surface area contributed by atoms with Crippen molar-refractivity contribution in [3.63, 3.8) is 0 Å². The molecule has 0 spiro atoms. The molecule has 3 aromatic rings. The van der Waals surface area contributed by atoms with Crippen LogP contribution < -0.4 is 10.0 Å². The second kappa shape index (κ2) is 6.54. The van der Waals surface area contributed by atoms with E-state index in [1.807, 2.05) is 11.9 Å². The van der Waals surface area contributed by atoms with Gasteiger partial charge in [-0.2, -0.15) is 0 Å². The molecule has 1 aliphatic heterocycles. The fourth-order valence-electron chi connectivity index (χ4n) is 6.48. The number of aromatic amines is 1. The molecule has 4 nitrogen and oxygen atoms in total. The molecular weight excluding hydrogens is 408 g/mol. The van der Waals surface area contributed by atoms with Gasteiger partial charge in [0, 0.05) is 22.7 Å². The third-order valence-electron chi connectivity index (χ3n) is 7.94. The van der Waals surface area contributed by atoms with Crippen LogP contribution in [0, 0.1) is 23.2 Å². The van der Waals surface area contributed by atoms with Gasteiger partial charge in [-0.05, 0) is 103 Å². The maximum atomic E-state index is 8.27. The van der Waals surface area contributed by atoms with Gasteiger partial charge in [-0.1, -0.05) is 17.6 Å². The molecule has 4 aliphatic rings. The summed E-state index contributed by atoms with van der Waals surface area (Å²) < 4.78 is 8.28. The van der Waals surface area contributed by atoms with Crippen molar-refractivity contribution < 1.29 is 0 Å². The third-order valence-corrected chi connectivity index (χ3v) is 9.96. The van der Waals surface area contributed by atoms with E-state index < -0.39 is 0 Å². The summed E-state index contributed by atoms with van der Waals surface area (Å²) in [6.45, 7) is 0. The zero-order chi connectivity index (χ0) is 19.8. The molecule has 2 heterocycles. The minimum absolute atomic E-state index is 0.377. The maximum Gasteiger partial charge on any atom is 0.0687 e. The number of aromatic nitrogens is 1. The van der Waals surface area contributed by atoms with Gasteiger partial charge in [-0.25, -0.2) is 0 Å². The van der Waals surface area contributed by atoms with Crippen molar-refractivity contribution in [3.05, 3.63) is 47.0 Å². The van der Waals surface area contributed by atoms with Crippen molar-refractivity contribution in [2.45, 2.75) is 49.3 Å². The van der Waals surface area contributed by atoms with Crippen LogP contribution >= 0.6 is 23.5 Å². The van der Waals surface area contributed by atoms with Crippen molar-refractivity contribution in [3.8, 4) is 0 Å². The summed E-state index contributed by atoms with van der Waals surface area (Å²) >= 11 is 3.58. The summed E-state index contributed by atoms with van der Waals surface area (Å²) in [5.41, 5.74) is 7.61. The molecule has 6 heteroatoms. The first-order valence-electron chi connectivity index (χ1n) is 11.2. The first-order valence-corrected chi connectivity index (χ1v) is 12.9. The van der Waals surface area contributed by atoms with Crippen molar-refractivity contribution >= 4 is 51.3 Å². The van der Waals surface area contributed by atoms with E-state index in [-0.39, 0.29) is 0 Å². The molecule has 3 saturated carbocycles. The van der Waals surface area contributed by atoms with E-state index in [0.29, 0.717) is 17.9 Å². The van der Waals surface area contributed by atoms with Gasteiger partial charge in [0.2, 0.25) is 0 Å². The lowest BCUT2D eigenvalue weighted by atomic mass is 9.67. The SMILES string of the molecule is N=Cc1c(NSC2CC2)ccc2c1C1C3CCC(C3)[C@H]1[C@H](c1ccc3[nH]sc3c1)N2. The summed E-state index contributed by atoms with van der Waals surface area (Å²) in [5, 5.41) is 13.0. The maximum absolute atomic E-state index is 8.27. The van der Waals surface area contributed by atoms with Gasteiger partial charge in [-0.15, -0.1) is 0 Å². The first kappa shape index (κ1) is 17.7. The number of hydrogen-bond donors (Lipinski definition) is 4. The Balaban J connectivity index is 1.33. The molecule has 0 amide bonds. The van der Waals surface area contributed by atoms with Gasteiger partial charge in [0.25, 0.3) is 0 Å². The number of anilines is 2. The molecule has 3 unspecified atom stereocenters. The van der Waals surface area contributed by atoms with E-state index in [0.717, 1.165) is 28.3 Å². The molecule has 3 fully saturated rings. The summed E-state index contributed by atoms with van der Waals surface area (Å²) in [6, 6.07) is 11.8. The Labute approximate surface area is 185 Å². The van der Waals surface area contributed by atoms with Crippen LogP contribution in [0.3, 0.4) is 0 Å². The quantitative estimate of drug-likeness (QED) is 0.265. The number of H-pyrrole nitrogens is 1. The summed E-state index contributed by atoms with van der Waals surface area (Å²) in [5.74, 6) is 2.79. The molecule has 3 aliphatic carbocycles. The van der Waals surface area contributed by atoms with Gasteiger partial charge < -0.3 is 19.8 Å². The number of fused-ring (bicyclic) bond motifs is 8. The lowest BCUT2D eigenvalue weighted by Gasteiger charge is -2.44.